The molecule has 3 nitrogen and oxygen atoms in total. The van der Waals surface area contributed by atoms with Crippen LogP contribution in [0.25, 0.3) is 0 Å². The Morgan fingerprint density at radius 3 is 2.47 bits per heavy atom. The monoisotopic (exact) mass is 272 g/mol. The molecule has 0 aliphatic carbocycles. The van der Waals surface area contributed by atoms with Crippen LogP contribution in [0, 0.1) is 5.41 Å². The van der Waals surface area contributed by atoms with E-state index in [0.717, 1.165) is 0 Å². The molecule has 0 amide bonds. The number of hydrogen-bond donors (Lipinski definition) is 3. The van der Waals surface area contributed by atoms with Gasteiger partial charge in [0, 0.05) is 23.5 Å². The van der Waals surface area contributed by atoms with Crippen molar-refractivity contribution in [1.29, 1.82) is 0 Å². The van der Waals surface area contributed by atoms with Crippen LogP contribution in [0.4, 0.5) is 20.2 Å². The van der Waals surface area contributed by atoms with Gasteiger partial charge in [-0.05, 0) is 30.0 Å². The minimum Gasteiger partial charge on any atom is -0.399 e. The van der Waals surface area contributed by atoms with Gasteiger partial charge in [-0.2, -0.15) is 0 Å². The maximum absolute atomic E-state index is 12.8. The van der Waals surface area contributed by atoms with Crippen molar-refractivity contribution in [2.45, 2.75) is 39.7 Å². The summed E-state index contributed by atoms with van der Waals surface area (Å²) >= 11 is 0. The number of nitrogens with one attached hydrogen (secondary N) is 1. The maximum Gasteiger partial charge on any atom is 0.265 e. The smallest absolute Gasteiger partial charge is 0.265 e. The summed E-state index contributed by atoms with van der Waals surface area (Å²) in [6.45, 7) is 6.29. The Hall–Kier alpha value is -1.36. The van der Waals surface area contributed by atoms with E-state index in [-0.39, 0.29) is 17.5 Å². The average Bonchev–Trinajstić information content (AvgIpc) is 2.24. The fraction of sp³-hybridized carbons (Fsp3) is 0.571. The number of anilines is 2. The first-order valence-electron chi connectivity index (χ1n) is 6.28. The summed E-state index contributed by atoms with van der Waals surface area (Å²) in [5.74, 6) is 0. The Morgan fingerprint density at radius 2 is 1.95 bits per heavy atom. The van der Waals surface area contributed by atoms with Gasteiger partial charge in [0.2, 0.25) is 0 Å². The number of aliphatic hydroxyl groups is 1. The fourth-order valence-corrected chi connectivity index (χ4v) is 1.93. The van der Waals surface area contributed by atoms with Crippen molar-refractivity contribution in [3.63, 3.8) is 0 Å². The molecule has 0 fully saturated rings. The van der Waals surface area contributed by atoms with Crippen LogP contribution in [-0.2, 0) is 0 Å². The van der Waals surface area contributed by atoms with Crippen molar-refractivity contribution in [1.82, 2.24) is 0 Å². The molecule has 1 unspecified atom stereocenters. The highest BCUT2D eigenvalue weighted by molar-refractivity contribution is 5.58. The van der Waals surface area contributed by atoms with Crippen molar-refractivity contribution in [2.75, 3.05) is 17.6 Å². The van der Waals surface area contributed by atoms with Gasteiger partial charge in [-0.3, -0.25) is 0 Å². The topological polar surface area (TPSA) is 58.3 Å². The molecule has 19 heavy (non-hydrogen) atoms. The molecule has 0 saturated heterocycles. The Labute approximate surface area is 112 Å². The van der Waals surface area contributed by atoms with E-state index in [1.165, 1.54) is 12.1 Å². The molecule has 4 N–H and O–H groups in total. The first kappa shape index (κ1) is 15.7. The Balaban J connectivity index is 2.67. The number of benzene rings is 1. The summed E-state index contributed by atoms with van der Waals surface area (Å²) in [5, 5.41) is 12.7. The van der Waals surface area contributed by atoms with Crippen LogP contribution in [0.3, 0.4) is 0 Å². The number of rotatable bonds is 5. The summed E-state index contributed by atoms with van der Waals surface area (Å²) in [7, 11) is 0. The van der Waals surface area contributed by atoms with Crippen LogP contribution in [0.2, 0.25) is 0 Å². The number of aliphatic hydroxyl groups excluding tert-OH is 1. The Kier molecular flexibility index (Phi) is 5.11. The number of nitrogens with two attached hydrogens (primary N) is 1. The normalized spacial score (nSPS) is 13.6. The third-order valence-electron chi connectivity index (χ3n) is 2.69. The predicted molar refractivity (Wildman–Crippen MR) is 74.4 cm³/mol. The summed E-state index contributed by atoms with van der Waals surface area (Å²) in [6.07, 6.45) is -2.58. The SMILES string of the molecule is CC(C)(C)CC(O)CNc1ccc(N)cc1C(F)F. The summed E-state index contributed by atoms with van der Waals surface area (Å²) in [4.78, 5) is 0. The molecule has 0 aromatic heterocycles. The number of alkyl halides is 2. The number of nitrogen functional groups attached to an aromatic ring is 1. The van der Waals surface area contributed by atoms with Gasteiger partial charge in [-0.15, -0.1) is 0 Å². The third kappa shape index (κ3) is 5.42. The summed E-state index contributed by atoms with van der Waals surface area (Å²) < 4.78 is 25.7. The van der Waals surface area contributed by atoms with Crippen LogP contribution < -0.4 is 11.1 Å². The minimum atomic E-state index is -2.59. The number of hydrogen-bond acceptors (Lipinski definition) is 3. The molecular weight excluding hydrogens is 250 g/mol. The van der Waals surface area contributed by atoms with E-state index in [1.807, 2.05) is 20.8 Å². The van der Waals surface area contributed by atoms with E-state index in [2.05, 4.69) is 5.32 Å². The lowest BCUT2D eigenvalue weighted by Crippen LogP contribution is -2.25. The van der Waals surface area contributed by atoms with Crippen molar-refractivity contribution >= 4 is 11.4 Å². The Bertz CT molecular complexity index is 416. The molecule has 5 heteroatoms. The lowest BCUT2D eigenvalue weighted by Gasteiger charge is -2.23. The molecule has 0 bridgehead atoms. The van der Waals surface area contributed by atoms with Gasteiger partial charge in [0.1, 0.15) is 0 Å². The lowest BCUT2D eigenvalue weighted by atomic mass is 9.89. The molecule has 1 rings (SSSR count). The van der Waals surface area contributed by atoms with Crippen LogP contribution in [0.15, 0.2) is 18.2 Å². The van der Waals surface area contributed by atoms with Gasteiger partial charge in [0.15, 0.2) is 0 Å². The van der Waals surface area contributed by atoms with Gasteiger partial charge < -0.3 is 16.2 Å². The van der Waals surface area contributed by atoms with Gasteiger partial charge in [-0.1, -0.05) is 20.8 Å². The second-order valence-corrected chi connectivity index (χ2v) is 5.95. The highest BCUT2D eigenvalue weighted by atomic mass is 19.3. The van der Waals surface area contributed by atoms with E-state index in [0.29, 0.717) is 17.8 Å². The second kappa shape index (κ2) is 6.19. The molecule has 0 spiro atoms. The van der Waals surface area contributed by atoms with Crippen LogP contribution in [-0.4, -0.2) is 17.8 Å². The zero-order valence-electron chi connectivity index (χ0n) is 11.6. The van der Waals surface area contributed by atoms with E-state index in [9.17, 15) is 13.9 Å². The molecular formula is C14H22F2N2O. The van der Waals surface area contributed by atoms with E-state index < -0.39 is 12.5 Å². The summed E-state index contributed by atoms with van der Waals surface area (Å²) in [6, 6.07) is 4.33. The molecule has 108 valence electrons. The first-order valence-corrected chi connectivity index (χ1v) is 6.28. The molecule has 0 heterocycles. The minimum absolute atomic E-state index is 0.00619. The first-order chi connectivity index (χ1) is 8.69. The van der Waals surface area contributed by atoms with E-state index >= 15 is 0 Å². The highest BCUT2D eigenvalue weighted by Gasteiger charge is 2.18. The average molecular weight is 272 g/mol. The van der Waals surface area contributed by atoms with Crippen molar-refractivity contribution in [2.24, 2.45) is 5.41 Å². The second-order valence-electron chi connectivity index (χ2n) is 5.95. The van der Waals surface area contributed by atoms with Crippen LogP contribution >= 0.6 is 0 Å². The quantitative estimate of drug-likeness (QED) is 0.720. The maximum atomic E-state index is 12.8. The van der Waals surface area contributed by atoms with Crippen molar-refractivity contribution < 1.29 is 13.9 Å². The van der Waals surface area contributed by atoms with Gasteiger partial charge in [0.25, 0.3) is 6.43 Å². The highest BCUT2D eigenvalue weighted by Crippen LogP contribution is 2.29. The molecule has 0 aliphatic heterocycles. The van der Waals surface area contributed by atoms with E-state index in [4.69, 9.17) is 5.73 Å². The molecule has 0 radical (unpaired) electrons. The van der Waals surface area contributed by atoms with Gasteiger partial charge in [0.05, 0.1) is 6.10 Å². The zero-order chi connectivity index (χ0) is 14.6. The molecule has 1 aromatic rings. The van der Waals surface area contributed by atoms with Gasteiger partial charge >= 0.3 is 0 Å². The van der Waals surface area contributed by atoms with Crippen molar-refractivity contribution in [3.05, 3.63) is 23.8 Å². The van der Waals surface area contributed by atoms with Crippen LogP contribution in [0.1, 0.15) is 39.2 Å². The molecule has 1 atom stereocenters. The Morgan fingerprint density at radius 1 is 1.32 bits per heavy atom. The van der Waals surface area contributed by atoms with E-state index in [1.54, 1.807) is 6.07 Å². The van der Waals surface area contributed by atoms with Crippen LogP contribution in [0.5, 0.6) is 0 Å². The molecule has 0 saturated carbocycles. The largest absolute Gasteiger partial charge is 0.399 e. The number of halogens is 2. The third-order valence-corrected chi connectivity index (χ3v) is 2.69. The predicted octanol–water partition coefficient (Wildman–Crippen LogP) is 3.42. The molecule has 0 aliphatic rings. The molecule has 1 aromatic carbocycles. The zero-order valence-corrected chi connectivity index (χ0v) is 11.6. The standard InChI is InChI=1S/C14H22F2N2O/c1-14(2,3)7-10(19)8-18-12-5-4-9(17)6-11(12)13(15)16/h4-6,10,13,18-19H,7-8,17H2,1-3H3. The fourth-order valence-electron chi connectivity index (χ4n) is 1.93. The lowest BCUT2D eigenvalue weighted by molar-refractivity contribution is 0.131. The van der Waals surface area contributed by atoms with Crippen molar-refractivity contribution in [3.8, 4) is 0 Å². The summed E-state index contributed by atoms with van der Waals surface area (Å²) in [5.41, 5.74) is 5.97. The van der Waals surface area contributed by atoms with Gasteiger partial charge in [-0.25, -0.2) is 8.78 Å².